The topological polar surface area (TPSA) is 66.5 Å². The van der Waals surface area contributed by atoms with E-state index < -0.39 is 15.8 Å². The molecule has 1 fully saturated rings. The summed E-state index contributed by atoms with van der Waals surface area (Å²) in [6.07, 6.45) is 1.25. The number of halogens is 2. The maximum Gasteiger partial charge on any atom is 0.243 e. The molecule has 3 rings (SSSR count). The number of amides is 1. The summed E-state index contributed by atoms with van der Waals surface area (Å²) in [6.45, 7) is 0.985. The van der Waals surface area contributed by atoms with E-state index in [1.54, 1.807) is 11.8 Å². The van der Waals surface area contributed by atoms with E-state index in [2.05, 4.69) is 5.32 Å². The Hall–Kier alpha value is -1.61. The van der Waals surface area contributed by atoms with E-state index in [4.69, 9.17) is 11.6 Å². The fourth-order valence-electron chi connectivity index (χ4n) is 3.15. The van der Waals surface area contributed by atoms with Gasteiger partial charge in [-0.1, -0.05) is 11.6 Å². The second kappa shape index (κ2) is 9.93. The molecule has 2 aromatic carbocycles. The van der Waals surface area contributed by atoms with Crippen LogP contribution in [-0.2, 0) is 14.8 Å². The van der Waals surface area contributed by atoms with Crippen molar-refractivity contribution in [1.29, 1.82) is 0 Å². The summed E-state index contributed by atoms with van der Waals surface area (Å²) in [5.41, 5.74) is 0. The molecule has 156 valence electrons. The summed E-state index contributed by atoms with van der Waals surface area (Å²) >= 11 is 7.47. The maximum atomic E-state index is 13.1. The van der Waals surface area contributed by atoms with E-state index in [0.29, 0.717) is 36.7 Å². The van der Waals surface area contributed by atoms with E-state index in [-0.39, 0.29) is 23.3 Å². The Morgan fingerprint density at radius 2 is 1.86 bits per heavy atom. The molecule has 1 N–H and O–H groups in total. The van der Waals surface area contributed by atoms with E-state index >= 15 is 0 Å². The molecular formula is C20H22ClFN2O3S2. The highest BCUT2D eigenvalue weighted by atomic mass is 35.5. The van der Waals surface area contributed by atoms with Gasteiger partial charge in [0, 0.05) is 35.3 Å². The van der Waals surface area contributed by atoms with Gasteiger partial charge < -0.3 is 5.32 Å². The molecule has 1 aliphatic heterocycles. The Bertz CT molecular complexity index is 937. The number of thioether (sulfide) groups is 1. The Balaban J connectivity index is 1.51. The van der Waals surface area contributed by atoms with Crippen LogP contribution in [0.3, 0.4) is 0 Å². The Labute approximate surface area is 179 Å². The predicted molar refractivity (Wildman–Crippen MR) is 113 cm³/mol. The standard InChI is InChI=1S/C20H22ClFN2O3S2/c21-16-3-7-18(8-4-16)28-13-11-23-20(25)15-2-1-12-24(14-15)29(26,27)19-9-5-17(22)6-10-19/h3-10,15H,1-2,11-14H2,(H,23,25)/t15-/m1/s1. The number of carbonyl (C=O) groups excluding carboxylic acids is 1. The zero-order valence-electron chi connectivity index (χ0n) is 15.7. The monoisotopic (exact) mass is 456 g/mol. The molecule has 1 atom stereocenters. The maximum absolute atomic E-state index is 13.1. The highest BCUT2D eigenvalue weighted by Crippen LogP contribution is 2.24. The van der Waals surface area contributed by atoms with Crippen molar-refractivity contribution in [1.82, 2.24) is 9.62 Å². The highest BCUT2D eigenvalue weighted by Gasteiger charge is 2.33. The number of hydrogen-bond acceptors (Lipinski definition) is 4. The van der Waals surface area contributed by atoms with Gasteiger partial charge in [0.2, 0.25) is 15.9 Å². The number of rotatable bonds is 7. The number of sulfonamides is 1. The number of piperidine rings is 1. The lowest BCUT2D eigenvalue weighted by atomic mass is 9.99. The van der Waals surface area contributed by atoms with Crippen molar-refractivity contribution in [3.05, 3.63) is 59.4 Å². The van der Waals surface area contributed by atoms with Crippen molar-refractivity contribution in [2.45, 2.75) is 22.6 Å². The third-order valence-electron chi connectivity index (χ3n) is 4.69. The minimum atomic E-state index is -3.74. The Morgan fingerprint density at radius 3 is 2.55 bits per heavy atom. The summed E-state index contributed by atoms with van der Waals surface area (Å²) < 4.78 is 39.9. The van der Waals surface area contributed by atoms with Crippen molar-refractivity contribution >= 4 is 39.3 Å². The lowest BCUT2D eigenvalue weighted by Gasteiger charge is -2.31. The minimum absolute atomic E-state index is 0.0410. The zero-order chi connectivity index (χ0) is 20.9. The first-order valence-electron chi connectivity index (χ1n) is 9.28. The highest BCUT2D eigenvalue weighted by molar-refractivity contribution is 7.99. The van der Waals surface area contributed by atoms with Gasteiger partial charge in [-0.2, -0.15) is 4.31 Å². The van der Waals surface area contributed by atoms with Gasteiger partial charge in [-0.25, -0.2) is 12.8 Å². The quantitative estimate of drug-likeness (QED) is 0.508. The minimum Gasteiger partial charge on any atom is -0.355 e. The van der Waals surface area contributed by atoms with Gasteiger partial charge >= 0.3 is 0 Å². The molecular weight excluding hydrogens is 435 g/mol. The molecule has 0 aliphatic carbocycles. The molecule has 1 saturated heterocycles. The molecule has 9 heteroatoms. The van der Waals surface area contributed by atoms with E-state index in [1.165, 1.54) is 16.4 Å². The van der Waals surface area contributed by atoms with Crippen LogP contribution in [0.25, 0.3) is 0 Å². The fraction of sp³-hybridized carbons (Fsp3) is 0.350. The summed E-state index contributed by atoms with van der Waals surface area (Å²) in [6, 6.07) is 12.2. The summed E-state index contributed by atoms with van der Waals surface area (Å²) in [5, 5.41) is 3.58. The molecule has 1 amide bonds. The second-order valence-electron chi connectivity index (χ2n) is 6.75. The van der Waals surface area contributed by atoms with Gasteiger partial charge in [-0.05, 0) is 61.4 Å². The van der Waals surface area contributed by atoms with Crippen LogP contribution in [-0.4, -0.2) is 44.0 Å². The Kier molecular flexibility index (Phi) is 7.56. The van der Waals surface area contributed by atoms with Gasteiger partial charge in [0.15, 0.2) is 0 Å². The third kappa shape index (κ3) is 5.94. The van der Waals surface area contributed by atoms with Crippen LogP contribution >= 0.6 is 23.4 Å². The predicted octanol–water partition coefficient (Wildman–Crippen LogP) is 3.79. The van der Waals surface area contributed by atoms with E-state index in [9.17, 15) is 17.6 Å². The fourth-order valence-corrected chi connectivity index (χ4v) is 5.57. The molecule has 0 unspecified atom stereocenters. The molecule has 1 aliphatic rings. The first kappa shape index (κ1) is 22.1. The number of nitrogens with zero attached hydrogens (tertiary/aromatic N) is 1. The van der Waals surface area contributed by atoms with Crippen molar-refractivity contribution in [3.8, 4) is 0 Å². The molecule has 1 heterocycles. The smallest absolute Gasteiger partial charge is 0.243 e. The lowest BCUT2D eigenvalue weighted by Crippen LogP contribution is -2.45. The number of benzene rings is 2. The molecule has 2 aromatic rings. The summed E-state index contributed by atoms with van der Waals surface area (Å²) in [7, 11) is -3.74. The summed E-state index contributed by atoms with van der Waals surface area (Å²) in [4.78, 5) is 13.6. The van der Waals surface area contributed by atoms with Crippen LogP contribution in [0.15, 0.2) is 58.3 Å². The second-order valence-corrected chi connectivity index (χ2v) is 10.3. The average molecular weight is 457 g/mol. The molecule has 0 radical (unpaired) electrons. The zero-order valence-corrected chi connectivity index (χ0v) is 18.1. The SMILES string of the molecule is O=C(NCCSc1ccc(Cl)cc1)[C@@H]1CCCN(S(=O)(=O)c2ccc(F)cc2)C1. The van der Waals surface area contributed by atoms with Gasteiger partial charge in [0.05, 0.1) is 10.8 Å². The van der Waals surface area contributed by atoms with Crippen molar-refractivity contribution < 1.29 is 17.6 Å². The van der Waals surface area contributed by atoms with Crippen LogP contribution in [0.4, 0.5) is 4.39 Å². The van der Waals surface area contributed by atoms with Gasteiger partial charge in [-0.3, -0.25) is 4.79 Å². The van der Waals surface area contributed by atoms with Crippen LogP contribution in [0, 0.1) is 11.7 Å². The molecule has 0 aromatic heterocycles. The third-order valence-corrected chi connectivity index (χ3v) is 7.84. The molecule has 5 nitrogen and oxygen atoms in total. The first-order valence-corrected chi connectivity index (χ1v) is 12.1. The molecule has 0 saturated carbocycles. The van der Waals surface area contributed by atoms with Crippen LogP contribution in [0.1, 0.15) is 12.8 Å². The van der Waals surface area contributed by atoms with Crippen molar-refractivity contribution in [3.63, 3.8) is 0 Å². The van der Waals surface area contributed by atoms with Gasteiger partial charge in [-0.15, -0.1) is 11.8 Å². The van der Waals surface area contributed by atoms with Crippen molar-refractivity contribution in [2.24, 2.45) is 5.92 Å². The number of nitrogens with one attached hydrogen (secondary N) is 1. The van der Waals surface area contributed by atoms with E-state index in [1.807, 2.05) is 24.3 Å². The van der Waals surface area contributed by atoms with E-state index in [0.717, 1.165) is 17.0 Å². The van der Waals surface area contributed by atoms with Crippen LogP contribution in [0.5, 0.6) is 0 Å². The van der Waals surface area contributed by atoms with Crippen LogP contribution in [0.2, 0.25) is 5.02 Å². The number of carbonyl (C=O) groups is 1. The normalized spacial score (nSPS) is 17.8. The molecule has 29 heavy (non-hydrogen) atoms. The lowest BCUT2D eigenvalue weighted by molar-refractivity contribution is -0.125. The molecule has 0 spiro atoms. The Morgan fingerprint density at radius 1 is 1.17 bits per heavy atom. The van der Waals surface area contributed by atoms with Gasteiger partial charge in [0.25, 0.3) is 0 Å². The number of hydrogen-bond donors (Lipinski definition) is 1. The summed E-state index contributed by atoms with van der Waals surface area (Å²) in [5.74, 6) is -0.311. The average Bonchev–Trinajstić information content (AvgIpc) is 2.73. The van der Waals surface area contributed by atoms with Gasteiger partial charge in [0.1, 0.15) is 5.82 Å². The first-order chi connectivity index (χ1) is 13.9. The largest absolute Gasteiger partial charge is 0.355 e. The van der Waals surface area contributed by atoms with Crippen LogP contribution < -0.4 is 5.32 Å². The van der Waals surface area contributed by atoms with Crippen molar-refractivity contribution in [2.75, 3.05) is 25.4 Å². The molecule has 0 bridgehead atoms.